The van der Waals surface area contributed by atoms with Crippen LogP contribution >= 0.6 is 0 Å². The van der Waals surface area contributed by atoms with Gasteiger partial charge in [0.05, 0.1) is 19.6 Å². The van der Waals surface area contributed by atoms with E-state index in [1.165, 1.54) is 7.11 Å². The van der Waals surface area contributed by atoms with Gasteiger partial charge in [0.1, 0.15) is 11.0 Å². The summed E-state index contributed by atoms with van der Waals surface area (Å²) >= 11 is 0. The van der Waals surface area contributed by atoms with Gasteiger partial charge < -0.3 is 9.47 Å². The van der Waals surface area contributed by atoms with Crippen LogP contribution in [0.5, 0.6) is 0 Å². The van der Waals surface area contributed by atoms with Gasteiger partial charge in [-0.15, -0.1) is 6.42 Å². The number of esters is 1. The van der Waals surface area contributed by atoms with Gasteiger partial charge in [-0.25, -0.2) is 9.69 Å². The van der Waals surface area contributed by atoms with E-state index in [1.54, 1.807) is 27.7 Å². The fourth-order valence-corrected chi connectivity index (χ4v) is 2.18. The van der Waals surface area contributed by atoms with Crippen LogP contribution in [0.15, 0.2) is 0 Å². The minimum Gasteiger partial charge on any atom is -0.469 e. The molecule has 2 amide bonds. The Morgan fingerprint density at radius 3 is 2.48 bits per heavy atom. The van der Waals surface area contributed by atoms with Crippen LogP contribution in [0.3, 0.4) is 0 Å². The summed E-state index contributed by atoms with van der Waals surface area (Å²) in [6, 6.07) is -0.652. The van der Waals surface area contributed by atoms with E-state index in [2.05, 4.69) is 10.7 Å². The van der Waals surface area contributed by atoms with E-state index in [-0.39, 0.29) is 12.8 Å². The highest BCUT2D eigenvalue weighted by Crippen LogP contribution is 2.37. The van der Waals surface area contributed by atoms with Crippen molar-refractivity contribution < 1.29 is 23.9 Å². The number of ether oxygens (including phenoxy) is 2. The lowest BCUT2D eigenvalue weighted by atomic mass is 9.88. The van der Waals surface area contributed by atoms with Gasteiger partial charge in [0, 0.05) is 0 Å². The van der Waals surface area contributed by atoms with Crippen molar-refractivity contribution in [1.82, 2.24) is 4.90 Å². The van der Waals surface area contributed by atoms with Crippen molar-refractivity contribution in [2.45, 2.75) is 52.2 Å². The van der Waals surface area contributed by atoms with Gasteiger partial charge in [0.2, 0.25) is 5.91 Å². The predicted molar refractivity (Wildman–Crippen MR) is 75.1 cm³/mol. The molecule has 1 aliphatic heterocycles. The molecule has 0 radical (unpaired) electrons. The van der Waals surface area contributed by atoms with E-state index in [4.69, 9.17) is 11.2 Å². The minimum absolute atomic E-state index is 0.0985. The maximum Gasteiger partial charge on any atom is 0.417 e. The second kappa shape index (κ2) is 5.76. The Morgan fingerprint density at radius 1 is 1.48 bits per heavy atom. The van der Waals surface area contributed by atoms with Crippen LogP contribution in [-0.4, -0.2) is 41.6 Å². The number of nitrogens with zero attached hydrogens (tertiary/aromatic N) is 1. The molecule has 1 saturated heterocycles. The number of hydrogen-bond acceptors (Lipinski definition) is 5. The van der Waals surface area contributed by atoms with Gasteiger partial charge in [-0.2, -0.15) is 0 Å². The Labute approximate surface area is 124 Å². The number of rotatable bonds is 2. The molecule has 0 aliphatic carbocycles. The van der Waals surface area contributed by atoms with E-state index >= 15 is 0 Å². The zero-order valence-electron chi connectivity index (χ0n) is 13.1. The Bertz CT molecular complexity index is 499. The summed E-state index contributed by atoms with van der Waals surface area (Å²) in [6.45, 7) is 6.66. The van der Waals surface area contributed by atoms with Gasteiger partial charge in [-0.05, 0) is 34.1 Å². The third kappa shape index (κ3) is 3.75. The van der Waals surface area contributed by atoms with E-state index in [9.17, 15) is 14.4 Å². The maximum atomic E-state index is 12.4. The van der Waals surface area contributed by atoms with Gasteiger partial charge >= 0.3 is 12.1 Å². The van der Waals surface area contributed by atoms with E-state index in [0.717, 1.165) is 4.90 Å². The molecule has 1 heterocycles. The molecule has 0 saturated carbocycles. The van der Waals surface area contributed by atoms with Crippen molar-refractivity contribution in [3.8, 4) is 12.3 Å². The molecule has 1 fully saturated rings. The Hall–Kier alpha value is -2.03. The van der Waals surface area contributed by atoms with Crippen molar-refractivity contribution in [3.05, 3.63) is 0 Å². The SMILES string of the molecule is C#CC1(C)CC(CC(=O)OC)N(C(=O)OC(C)(C)C)C1=O. The van der Waals surface area contributed by atoms with Crippen LogP contribution in [0.1, 0.15) is 40.5 Å². The molecule has 1 rings (SSSR count). The van der Waals surface area contributed by atoms with Crippen molar-refractivity contribution in [1.29, 1.82) is 0 Å². The zero-order chi connectivity index (χ0) is 16.4. The zero-order valence-corrected chi connectivity index (χ0v) is 13.1. The molecule has 0 aromatic heterocycles. The number of likely N-dealkylation sites (tertiary alicyclic amines) is 1. The van der Waals surface area contributed by atoms with Gasteiger partial charge in [0.15, 0.2) is 0 Å². The molecule has 1 aliphatic rings. The maximum absolute atomic E-state index is 12.4. The van der Waals surface area contributed by atoms with Gasteiger partial charge in [0.25, 0.3) is 0 Å². The lowest BCUT2D eigenvalue weighted by Crippen LogP contribution is -2.44. The Morgan fingerprint density at radius 2 is 2.05 bits per heavy atom. The molecule has 6 heteroatoms. The van der Waals surface area contributed by atoms with E-state index in [1.807, 2.05) is 0 Å². The third-order valence-corrected chi connectivity index (χ3v) is 3.24. The van der Waals surface area contributed by atoms with Crippen LogP contribution in [0, 0.1) is 17.8 Å². The van der Waals surface area contributed by atoms with Gasteiger partial charge in [-0.3, -0.25) is 9.59 Å². The first-order valence-electron chi connectivity index (χ1n) is 6.65. The molecular weight excluding hydrogens is 274 g/mol. The van der Waals surface area contributed by atoms with Crippen molar-refractivity contribution >= 4 is 18.0 Å². The summed E-state index contributed by atoms with van der Waals surface area (Å²) in [7, 11) is 1.25. The minimum atomic E-state index is -1.12. The molecule has 0 aromatic rings. The Balaban J connectivity index is 3.05. The third-order valence-electron chi connectivity index (χ3n) is 3.24. The molecule has 0 aromatic carbocycles. The number of methoxy groups -OCH3 is 1. The van der Waals surface area contributed by atoms with Crippen LogP contribution in [0.2, 0.25) is 0 Å². The molecular formula is C15H21NO5. The fraction of sp³-hybridized carbons (Fsp3) is 0.667. The predicted octanol–water partition coefficient (Wildman–Crippen LogP) is 1.73. The average Bonchev–Trinajstić information content (AvgIpc) is 2.59. The molecule has 0 spiro atoms. The topological polar surface area (TPSA) is 72.9 Å². The largest absolute Gasteiger partial charge is 0.469 e. The second-order valence-electron chi connectivity index (χ2n) is 6.27. The number of hydrogen-bond donors (Lipinski definition) is 0. The Kier molecular flexibility index (Phi) is 4.67. The summed E-state index contributed by atoms with van der Waals surface area (Å²) in [5.41, 5.74) is -1.86. The summed E-state index contributed by atoms with van der Waals surface area (Å²) < 4.78 is 9.82. The number of imide groups is 1. The highest BCUT2D eigenvalue weighted by molar-refractivity contribution is 6.00. The van der Waals surface area contributed by atoms with E-state index in [0.29, 0.717) is 0 Å². The number of terminal acetylenes is 1. The van der Waals surface area contributed by atoms with Crippen LogP contribution in [0.4, 0.5) is 4.79 Å². The van der Waals surface area contributed by atoms with E-state index < -0.39 is 35.0 Å². The highest BCUT2D eigenvalue weighted by Gasteiger charge is 2.52. The van der Waals surface area contributed by atoms with Crippen LogP contribution in [-0.2, 0) is 19.1 Å². The quantitative estimate of drug-likeness (QED) is 0.573. The standard InChI is InChI=1S/C15H21NO5/c1-7-15(5)9-10(8-11(17)20-6)16(12(15)18)13(19)21-14(2,3)4/h1,10H,8-9H2,2-6H3. The molecule has 116 valence electrons. The number of amides is 2. The summed E-state index contributed by atoms with van der Waals surface area (Å²) in [5.74, 6) is 1.38. The first-order valence-corrected chi connectivity index (χ1v) is 6.65. The first kappa shape index (κ1) is 17.0. The van der Waals surface area contributed by atoms with Crippen molar-refractivity contribution in [2.75, 3.05) is 7.11 Å². The average molecular weight is 295 g/mol. The normalized spacial score (nSPS) is 25.4. The molecule has 2 unspecified atom stereocenters. The molecule has 6 nitrogen and oxygen atoms in total. The van der Waals surface area contributed by atoms with Crippen LogP contribution < -0.4 is 0 Å². The summed E-state index contributed by atoms with van der Waals surface area (Å²) in [4.78, 5) is 37.0. The summed E-state index contributed by atoms with van der Waals surface area (Å²) in [5, 5.41) is 0. The van der Waals surface area contributed by atoms with Crippen LogP contribution in [0.25, 0.3) is 0 Å². The summed E-state index contributed by atoms with van der Waals surface area (Å²) in [6.07, 6.45) is 4.72. The molecule has 21 heavy (non-hydrogen) atoms. The van der Waals surface area contributed by atoms with Crippen molar-refractivity contribution in [3.63, 3.8) is 0 Å². The molecule has 0 N–H and O–H groups in total. The second-order valence-corrected chi connectivity index (χ2v) is 6.27. The number of carbonyl (C=O) groups excluding carboxylic acids is 3. The molecule has 0 bridgehead atoms. The fourth-order valence-electron chi connectivity index (χ4n) is 2.18. The van der Waals surface area contributed by atoms with Gasteiger partial charge in [-0.1, -0.05) is 5.92 Å². The molecule has 2 atom stereocenters. The number of carbonyl (C=O) groups is 3. The first-order chi connectivity index (χ1) is 9.54. The van der Waals surface area contributed by atoms with Crippen molar-refractivity contribution in [2.24, 2.45) is 5.41 Å². The highest BCUT2D eigenvalue weighted by atomic mass is 16.6. The lowest BCUT2D eigenvalue weighted by Gasteiger charge is -2.27. The lowest BCUT2D eigenvalue weighted by molar-refractivity contribution is -0.142. The monoisotopic (exact) mass is 295 g/mol. The smallest absolute Gasteiger partial charge is 0.417 e.